The zero-order valence-corrected chi connectivity index (χ0v) is 20.7. The number of anilines is 1. The fourth-order valence-electron chi connectivity index (χ4n) is 4.02. The number of nitrogens with zero attached hydrogens (tertiary/aromatic N) is 5. The first kappa shape index (κ1) is 25.0. The number of benzene rings is 2. The Kier molecular flexibility index (Phi) is 8.02. The van der Waals surface area contributed by atoms with Crippen LogP contribution in [0.3, 0.4) is 0 Å². The average Bonchev–Trinajstić information content (AvgIpc) is 3.30. The summed E-state index contributed by atoms with van der Waals surface area (Å²) in [6.45, 7) is 4.79. The van der Waals surface area contributed by atoms with E-state index >= 15 is 0 Å². The lowest BCUT2D eigenvalue weighted by atomic mass is 10.0. The fourth-order valence-corrected chi connectivity index (χ4v) is 4.02. The van der Waals surface area contributed by atoms with E-state index in [9.17, 15) is 9.59 Å². The number of carbonyl (C=O) groups excluding carboxylic acids is 2. The Balaban J connectivity index is 1.76. The molecule has 1 N–H and O–H groups in total. The van der Waals surface area contributed by atoms with Crippen molar-refractivity contribution >= 4 is 28.5 Å². The lowest BCUT2D eigenvalue weighted by Crippen LogP contribution is -2.46. The van der Waals surface area contributed by atoms with Gasteiger partial charge in [-0.3, -0.25) is 19.5 Å². The molecular formula is C27H30N6O3. The number of hydrogen-bond donors (Lipinski definition) is 1. The first-order valence-electron chi connectivity index (χ1n) is 11.9. The molecule has 0 aliphatic heterocycles. The molecular weight excluding hydrogens is 456 g/mol. The van der Waals surface area contributed by atoms with Gasteiger partial charge in [-0.15, -0.1) is 5.10 Å². The highest BCUT2D eigenvalue weighted by Gasteiger charge is 2.33. The summed E-state index contributed by atoms with van der Waals surface area (Å²) in [7, 11) is 1.57. The van der Waals surface area contributed by atoms with Crippen LogP contribution in [0.2, 0.25) is 0 Å². The number of fused-ring (bicyclic) bond motifs is 1. The third kappa shape index (κ3) is 5.58. The van der Waals surface area contributed by atoms with Gasteiger partial charge in [0.25, 0.3) is 0 Å². The molecule has 2 heterocycles. The summed E-state index contributed by atoms with van der Waals surface area (Å²) in [6.07, 6.45) is 3.24. The van der Waals surface area contributed by atoms with Crippen LogP contribution >= 0.6 is 0 Å². The van der Waals surface area contributed by atoms with Gasteiger partial charge in [0.2, 0.25) is 11.8 Å². The lowest BCUT2D eigenvalue weighted by molar-refractivity contribution is -0.127. The topological polar surface area (TPSA) is 102 Å². The highest BCUT2D eigenvalue weighted by atomic mass is 16.5. The highest BCUT2D eigenvalue weighted by Crippen LogP contribution is 2.30. The minimum absolute atomic E-state index is 0.0887. The molecule has 2 amide bonds. The van der Waals surface area contributed by atoms with Crippen molar-refractivity contribution in [3.05, 3.63) is 84.2 Å². The second-order valence-electron chi connectivity index (χ2n) is 8.72. The van der Waals surface area contributed by atoms with Crippen molar-refractivity contribution in [1.29, 1.82) is 0 Å². The molecule has 0 saturated carbocycles. The van der Waals surface area contributed by atoms with Gasteiger partial charge in [-0.2, -0.15) is 0 Å². The summed E-state index contributed by atoms with van der Waals surface area (Å²) in [5.74, 6) is -0.306. The fraction of sp³-hybridized carbons (Fsp3) is 0.296. The highest BCUT2D eigenvalue weighted by molar-refractivity contribution is 6.01. The van der Waals surface area contributed by atoms with Crippen LogP contribution in [-0.4, -0.2) is 52.1 Å². The Morgan fingerprint density at radius 1 is 1.03 bits per heavy atom. The van der Waals surface area contributed by atoms with Crippen molar-refractivity contribution in [2.75, 3.05) is 25.2 Å². The monoisotopic (exact) mass is 486 g/mol. The van der Waals surface area contributed by atoms with E-state index in [1.165, 1.54) is 4.90 Å². The van der Waals surface area contributed by atoms with Crippen molar-refractivity contribution in [1.82, 2.24) is 25.3 Å². The van der Waals surface area contributed by atoms with Crippen LogP contribution < -0.4 is 10.2 Å². The van der Waals surface area contributed by atoms with Gasteiger partial charge in [-0.25, -0.2) is 4.68 Å². The van der Waals surface area contributed by atoms with E-state index in [-0.39, 0.29) is 18.4 Å². The van der Waals surface area contributed by atoms with E-state index in [4.69, 9.17) is 4.74 Å². The van der Waals surface area contributed by atoms with Crippen LogP contribution in [0.5, 0.6) is 0 Å². The molecule has 186 valence electrons. The predicted molar refractivity (Wildman–Crippen MR) is 137 cm³/mol. The van der Waals surface area contributed by atoms with E-state index in [0.29, 0.717) is 35.8 Å². The van der Waals surface area contributed by atoms with Gasteiger partial charge in [0.1, 0.15) is 18.1 Å². The van der Waals surface area contributed by atoms with E-state index in [0.717, 1.165) is 11.1 Å². The van der Waals surface area contributed by atoms with Crippen LogP contribution in [-0.2, 0) is 20.9 Å². The van der Waals surface area contributed by atoms with E-state index < -0.39 is 6.04 Å². The summed E-state index contributed by atoms with van der Waals surface area (Å²) < 4.78 is 6.64. The summed E-state index contributed by atoms with van der Waals surface area (Å²) in [6, 6.07) is 17.8. The molecule has 9 nitrogen and oxygen atoms in total. The van der Waals surface area contributed by atoms with Crippen LogP contribution in [0.1, 0.15) is 36.9 Å². The summed E-state index contributed by atoms with van der Waals surface area (Å²) in [5, 5.41) is 11.2. The Bertz CT molecular complexity index is 1300. The zero-order valence-electron chi connectivity index (χ0n) is 20.7. The van der Waals surface area contributed by atoms with Crippen LogP contribution in [0.25, 0.3) is 11.0 Å². The summed E-state index contributed by atoms with van der Waals surface area (Å²) in [4.78, 5) is 33.2. The molecule has 4 aromatic rings. The third-order valence-electron chi connectivity index (χ3n) is 5.92. The molecule has 9 heteroatoms. The number of aromatic nitrogens is 4. The van der Waals surface area contributed by atoms with Gasteiger partial charge in [0, 0.05) is 37.3 Å². The van der Waals surface area contributed by atoms with Gasteiger partial charge in [-0.05, 0) is 41.8 Å². The normalized spacial score (nSPS) is 12.0. The van der Waals surface area contributed by atoms with Crippen molar-refractivity contribution in [2.24, 2.45) is 0 Å². The number of carbonyl (C=O) groups is 2. The SMILES string of the molecule is COCCNC(=O)C(c1cccnc1)N(C(=O)Cn1nnc2ccccc21)c1ccc(C(C)C)cc1. The molecule has 0 radical (unpaired) electrons. The second kappa shape index (κ2) is 11.5. The van der Waals surface area contributed by atoms with Crippen molar-refractivity contribution < 1.29 is 14.3 Å². The third-order valence-corrected chi connectivity index (χ3v) is 5.92. The number of ether oxygens (including phenoxy) is 1. The zero-order chi connectivity index (χ0) is 25.5. The maximum atomic E-state index is 13.9. The molecule has 1 atom stereocenters. The molecule has 2 aromatic heterocycles. The maximum absolute atomic E-state index is 13.9. The minimum Gasteiger partial charge on any atom is -0.383 e. The number of methoxy groups -OCH3 is 1. The average molecular weight is 487 g/mol. The molecule has 0 bridgehead atoms. The van der Waals surface area contributed by atoms with Crippen molar-refractivity contribution in [3.8, 4) is 0 Å². The van der Waals surface area contributed by atoms with Gasteiger partial charge < -0.3 is 10.1 Å². The second-order valence-corrected chi connectivity index (χ2v) is 8.72. The molecule has 4 rings (SSSR count). The van der Waals surface area contributed by atoms with Crippen molar-refractivity contribution in [2.45, 2.75) is 32.4 Å². The van der Waals surface area contributed by atoms with Gasteiger partial charge >= 0.3 is 0 Å². The number of pyridine rings is 1. The van der Waals surface area contributed by atoms with Crippen molar-refractivity contribution in [3.63, 3.8) is 0 Å². The molecule has 0 fully saturated rings. The number of para-hydroxylation sites is 1. The van der Waals surface area contributed by atoms with Crippen LogP contribution in [0, 0.1) is 0 Å². The van der Waals surface area contributed by atoms with Crippen LogP contribution in [0.15, 0.2) is 73.1 Å². The van der Waals surface area contributed by atoms with E-state index in [1.54, 1.807) is 36.3 Å². The molecule has 36 heavy (non-hydrogen) atoms. The smallest absolute Gasteiger partial charge is 0.249 e. The molecule has 0 aliphatic rings. The van der Waals surface area contributed by atoms with E-state index in [1.807, 2.05) is 48.5 Å². The minimum atomic E-state index is -0.942. The quantitative estimate of drug-likeness (QED) is 0.344. The molecule has 0 saturated heterocycles. The van der Waals surface area contributed by atoms with Gasteiger partial charge in [-0.1, -0.05) is 49.4 Å². The number of nitrogens with one attached hydrogen (secondary N) is 1. The van der Waals surface area contributed by atoms with Crippen LogP contribution in [0.4, 0.5) is 5.69 Å². The van der Waals surface area contributed by atoms with E-state index in [2.05, 4.69) is 34.5 Å². The molecule has 2 aromatic carbocycles. The maximum Gasteiger partial charge on any atom is 0.249 e. The predicted octanol–water partition coefficient (Wildman–Crippen LogP) is 3.49. The van der Waals surface area contributed by atoms with Gasteiger partial charge in [0.05, 0.1) is 12.1 Å². The van der Waals surface area contributed by atoms with Gasteiger partial charge in [0.15, 0.2) is 0 Å². The number of hydrogen-bond acceptors (Lipinski definition) is 6. The number of rotatable bonds is 10. The Morgan fingerprint density at radius 3 is 2.50 bits per heavy atom. The standard InChI is InChI=1S/C27H30N6O3/c1-19(2)20-10-12-22(13-11-20)33(25(34)18-32-24-9-5-4-8-23(24)30-31-32)26(21-7-6-14-28-17-21)27(35)29-15-16-36-3/h4-14,17,19,26H,15-16,18H2,1-3H3,(H,29,35). The number of amides is 2. The Labute approximate surface area is 210 Å². The lowest BCUT2D eigenvalue weighted by Gasteiger charge is -2.31. The summed E-state index contributed by atoms with van der Waals surface area (Å²) >= 11 is 0. The summed E-state index contributed by atoms with van der Waals surface area (Å²) in [5.41, 5.74) is 3.76. The first-order valence-corrected chi connectivity index (χ1v) is 11.9. The first-order chi connectivity index (χ1) is 17.5. The Morgan fingerprint density at radius 2 is 1.81 bits per heavy atom. The largest absolute Gasteiger partial charge is 0.383 e. The molecule has 1 unspecified atom stereocenters. The Hall–Kier alpha value is -4.11. The molecule has 0 aliphatic carbocycles. The molecule has 0 spiro atoms.